The molecule has 1 saturated heterocycles. The number of rotatable bonds is 5. The largest absolute Gasteiger partial charge is 0.389 e. The van der Waals surface area contributed by atoms with Crippen LogP contribution in [0.25, 0.3) is 5.82 Å². The fourth-order valence-electron chi connectivity index (χ4n) is 2.98. The average Bonchev–Trinajstić information content (AvgIpc) is 3.04. The first kappa shape index (κ1) is 16.1. The fourth-order valence-corrected chi connectivity index (χ4v) is 2.98. The molecule has 0 radical (unpaired) electrons. The molecule has 0 spiro atoms. The number of likely N-dealkylation sites (N-methyl/N-ethyl adjacent to an activating group) is 1. The summed E-state index contributed by atoms with van der Waals surface area (Å²) in [5.74, 6) is 0.885. The van der Waals surface area contributed by atoms with Crippen molar-refractivity contribution in [1.82, 2.24) is 14.5 Å². The Balaban J connectivity index is 1.74. The van der Waals surface area contributed by atoms with Gasteiger partial charge in [0.15, 0.2) is 0 Å². The van der Waals surface area contributed by atoms with Gasteiger partial charge >= 0.3 is 0 Å². The summed E-state index contributed by atoms with van der Waals surface area (Å²) in [5.41, 5.74) is 1.11. The van der Waals surface area contributed by atoms with Crippen molar-refractivity contribution in [2.45, 2.75) is 24.8 Å². The van der Waals surface area contributed by atoms with Crippen molar-refractivity contribution in [1.29, 1.82) is 0 Å². The molecule has 1 aliphatic heterocycles. The normalized spacial score (nSPS) is 25.0. The molecule has 6 heteroatoms. The molecule has 124 valence electrons. The standard InChI is InChI=1S/C17H23N3O3/c1-19(14-11-23-12-15(22-2)17(14)21)10-13-6-5-9-20(13)16-7-3-4-8-18-16/h3-9,14-15,17,21H,10-12H2,1-2H3/t14-,15-,17+/m1/s1. The molecular weight excluding hydrogens is 294 g/mol. The Labute approximate surface area is 136 Å². The maximum Gasteiger partial charge on any atom is 0.136 e. The number of hydrogen-bond donors (Lipinski definition) is 1. The van der Waals surface area contributed by atoms with Gasteiger partial charge in [0.05, 0.1) is 19.3 Å². The Morgan fingerprint density at radius 1 is 1.35 bits per heavy atom. The molecule has 1 fully saturated rings. The van der Waals surface area contributed by atoms with Gasteiger partial charge in [-0.05, 0) is 31.3 Å². The van der Waals surface area contributed by atoms with Crippen LogP contribution < -0.4 is 0 Å². The van der Waals surface area contributed by atoms with Crippen LogP contribution in [0.2, 0.25) is 0 Å². The number of pyridine rings is 1. The van der Waals surface area contributed by atoms with Gasteiger partial charge < -0.3 is 19.1 Å². The second-order valence-electron chi connectivity index (χ2n) is 5.84. The quantitative estimate of drug-likeness (QED) is 0.894. The van der Waals surface area contributed by atoms with Crippen LogP contribution >= 0.6 is 0 Å². The molecule has 0 amide bonds. The third-order valence-electron chi connectivity index (χ3n) is 4.36. The lowest BCUT2D eigenvalue weighted by molar-refractivity contribution is -0.142. The monoisotopic (exact) mass is 317 g/mol. The number of aromatic nitrogens is 2. The maximum atomic E-state index is 10.4. The molecule has 3 atom stereocenters. The van der Waals surface area contributed by atoms with E-state index in [0.717, 1.165) is 11.5 Å². The number of methoxy groups -OCH3 is 1. The summed E-state index contributed by atoms with van der Waals surface area (Å²) >= 11 is 0. The van der Waals surface area contributed by atoms with Gasteiger partial charge in [0.1, 0.15) is 18.0 Å². The Morgan fingerprint density at radius 3 is 2.96 bits per heavy atom. The summed E-state index contributed by atoms with van der Waals surface area (Å²) in [6.45, 7) is 1.62. The highest BCUT2D eigenvalue weighted by molar-refractivity contribution is 5.27. The molecule has 3 heterocycles. The van der Waals surface area contributed by atoms with Gasteiger partial charge in [0, 0.05) is 31.7 Å². The summed E-state index contributed by atoms with van der Waals surface area (Å²) in [5, 5.41) is 10.4. The fraction of sp³-hybridized carbons (Fsp3) is 0.471. The van der Waals surface area contributed by atoms with Crippen molar-refractivity contribution in [2.75, 3.05) is 27.4 Å². The Kier molecular flexibility index (Phi) is 5.07. The molecule has 6 nitrogen and oxygen atoms in total. The molecule has 3 rings (SSSR count). The van der Waals surface area contributed by atoms with Crippen LogP contribution in [-0.4, -0.2) is 65.2 Å². The first-order chi connectivity index (χ1) is 11.2. The van der Waals surface area contributed by atoms with Crippen LogP contribution in [0.3, 0.4) is 0 Å². The highest BCUT2D eigenvalue weighted by atomic mass is 16.5. The second-order valence-corrected chi connectivity index (χ2v) is 5.84. The number of ether oxygens (including phenoxy) is 2. The van der Waals surface area contributed by atoms with Crippen molar-refractivity contribution < 1.29 is 14.6 Å². The van der Waals surface area contributed by atoms with E-state index >= 15 is 0 Å². The van der Waals surface area contributed by atoms with E-state index in [1.54, 1.807) is 13.3 Å². The summed E-state index contributed by atoms with van der Waals surface area (Å²) in [6, 6.07) is 9.82. The summed E-state index contributed by atoms with van der Waals surface area (Å²) in [6.07, 6.45) is 2.94. The van der Waals surface area contributed by atoms with E-state index < -0.39 is 6.10 Å². The predicted molar refractivity (Wildman–Crippen MR) is 86.4 cm³/mol. The van der Waals surface area contributed by atoms with Crippen molar-refractivity contribution in [3.05, 3.63) is 48.4 Å². The first-order valence-corrected chi connectivity index (χ1v) is 7.77. The number of hydrogen-bond acceptors (Lipinski definition) is 5. The molecular formula is C17H23N3O3. The first-order valence-electron chi connectivity index (χ1n) is 7.77. The molecule has 2 aromatic rings. The lowest BCUT2D eigenvalue weighted by Gasteiger charge is -2.39. The minimum absolute atomic E-state index is 0.0965. The average molecular weight is 317 g/mol. The van der Waals surface area contributed by atoms with Gasteiger partial charge in [-0.25, -0.2) is 4.98 Å². The smallest absolute Gasteiger partial charge is 0.136 e. The minimum Gasteiger partial charge on any atom is -0.389 e. The zero-order valence-corrected chi connectivity index (χ0v) is 13.5. The molecule has 1 aliphatic rings. The third kappa shape index (κ3) is 3.45. The van der Waals surface area contributed by atoms with E-state index in [4.69, 9.17) is 9.47 Å². The second kappa shape index (κ2) is 7.23. The van der Waals surface area contributed by atoms with Gasteiger partial charge in [-0.1, -0.05) is 6.07 Å². The van der Waals surface area contributed by atoms with Crippen molar-refractivity contribution >= 4 is 0 Å². The van der Waals surface area contributed by atoms with Crippen LogP contribution in [-0.2, 0) is 16.0 Å². The van der Waals surface area contributed by atoms with Crippen molar-refractivity contribution in [3.8, 4) is 5.82 Å². The molecule has 0 aliphatic carbocycles. The third-order valence-corrected chi connectivity index (χ3v) is 4.36. The van der Waals surface area contributed by atoms with E-state index in [2.05, 4.69) is 20.5 Å². The van der Waals surface area contributed by atoms with Crippen LogP contribution in [0.1, 0.15) is 5.69 Å². The molecule has 0 unspecified atom stereocenters. The van der Waals surface area contributed by atoms with Gasteiger partial charge in [-0.3, -0.25) is 4.90 Å². The van der Waals surface area contributed by atoms with Crippen LogP contribution in [0.4, 0.5) is 0 Å². The van der Waals surface area contributed by atoms with Gasteiger partial charge in [0.25, 0.3) is 0 Å². The lowest BCUT2D eigenvalue weighted by atomic mass is 10.0. The molecule has 0 aromatic carbocycles. The van der Waals surface area contributed by atoms with E-state index in [0.29, 0.717) is 19.8 Å². The number of aliphatic hydroxyl groups is 1. The minimum atomic E-state index is -0.558. The van der Waals surface area contributed by atoms with Gasteiger partial charge in [0.2, 0.25) is 0 Å². The lowest BCUT2D eigenvalue weighted by Crippen LogP contribution is -2.55. The highest BCUT2D eigenvalue weighted by Gasteiger charge is 2.35. The SMILES string of the molecule is CO[C@@H]1COC[C@@H](N(C)Cc2cccn2-c2ccccn2)[C@@H]1O. The summed E-state index contributed by atoms with van der Waals surface area (Å²) in [4.78, 5) is 6.49. The number of nitrogens with zero attached hydrogens (tertiary/aromatic N) is 3. The zero-order chi connectivity index (χ0) is 16.2. The zero-order valence-electron chi connectivity index (χ0n) is 13.5. The van der Waals surface area contributed by atoms with E-state index in [-0.39, 0.29) is 12.1 Å². The number of aliphatic hydroxyl groups excluding tert-OH is 1. The topological polar surface area (TPSA) is 59.8 Å². The van der Waals surface area contributed by atoms with Gasteiger partial charge in [-0.15, -0.1) is 0 Å². The summed E-state index contributed by atoms with van der Waals surface area (Å²) < 4.78 is 12.9. The van der Waals surface area contributed by atoms with Crippen LogP contribution in [0.15, 0.2) is 42.7 Å². The molecule has 0 saturated carbocycles. The van der Waals surface area contributed by atoms with Crippen LogP contribution in [0, 0.1) is 0 Å². The predicted octanol–water partition coefficient (Wildman–Crippen LogP) is 1.08. The van der Waals surface area contributed by atoms with Crippen LogP contribution in [0.5, 0.6) is 0 Å². The maximum absolute atomic E-state index is 10.4. The van der Waals surface area contributed by atoms with E-state index in [9.17, 15) is 5.11 Å². The van der Waals surface area contributed by atoms with Crippen molar-refractivity contribution in [2.24, 2.45) is 0 Å². The molecule has 23 heavy (non-hydrogen) atoms. The Bertz CT molecular complexity index is 617. The van der Waals surface area contributed by atoms with Crippen molar-refractivity contribution in [3.63, 3.8) is 0 Å². The highest BCUT2D eigenvalue weighted by Crippen LogP contribution is 2.19. The summed E-state index contributed by atoms with van der Waals surface area (Å²) in [7, 11) is 3.59. The van der Waals surface area contributed by atoms with Gasteiger partial charge in [-0.2, -0.15) is 0 Å². The Hall–Kier alpha value is -1.73. The molecule has 0 bridgehead atoms. The van der Waals surface area contributed by atoms with E-state index in [1.165, 1.54) is 0 Å². The molecule has 2 aromatic heterocycles. The van der Waals surface area contributed by atoms with E-state index in [1.807, 2.05) is 37.5 Å². The Morgan fingerprint density at radius 2 is 2.22 bits per heavy atom. The molecule has 1 N–H and O–H groups in total.